The first kappa shape index (κ1) is 15.2. The summed E-state index contributed by atoms with van der Waals surface area (Å²) in [5.74, 6) is 0. The number of pyridine rings is 1. The molecule has 0 aliphatic rings. The zero-order valence-electron chi connectivity index (χ0n) is 11.6. The zero-order valence-corrected chi connectivity index (χ0v) is 12.3. The number of hydrogen-bond donors (Lipinski definition) is 1. The van der Waals surface area contributed by atoms with Crippen LogP contribution in [0.3, 0.4) is 0 Å². The first-order valence-electron chi connectivity index (χ1n) is 6.60. The third-order valence-corrected chi connectivity index (χ3v) is 3.55. The van der Waals surface area contributed by atoms with Gasteiger partial charge in [-0.05, 0) is 23.8 Å². The fourth-order valence-corrected chi connectivity index (χ4v) is 2.41. The van der Waals surface area contributed by atoms with E-state index < -0.39 is 0 Å². The number of ether oxygens (including phenoxy) is 1. The molecule has 0 saturated carbocycles. The molecule has 4 nitrogen and oxygen atoms in total. The number of benzene rings is 1. The second-order valence-electron chi connectivity index (χ2n) is 4.60. The molecule has 20 heavy (non-hydrogen) atoms. The van der Waals surface area contributed by atoms with Gasteiger partial charge in [0.1, 0.15) is 0 Å². The van der Waals surface area contributed by atoms with Crippen molar-refractivity contribution in [2.45, 2.75) is 6.54 Å². The maximum absolute atomic E-state index is 9.15. The minimum Gasteiger partial charge on any atom is -0.395 e. The summed E-state index contributed by atoms with van der Waals surface area (Å²) in [6.07, 6.45) is 1.77. The Morgan fingerprint density at radius 1 is 1.30 bits per heavy atom. The van der Waals surface area contributed by atoms with Crippen LogP contribution in [0.1, 0.15) is 5.56 Å². The van der Waals surface area contributed by atoms with Gasteiger partial charge in [-0.15, -0.1) is 0 Å². The monoisotopic (exact) mass is 294 g/mol. The first-order valence-corrected chi connectivity index (χ1v) is 6.98. The van der Waals surface area contributed by atoms with Gasteiger partial charge in [-0.1, -0.05) is 17.7 Å². The van der Waals surface area contributed by atoms with Gasteiger partial charge >= 0.3 is 0 Å². The van der Waals surface area contributed by atoms with Crippen molar-refractivity contribution in [1.29, 1.82) is 0 Å². The molecule has 5 heteroatoms. The first-order chi connectivity index (χ1) is 9.76. The van der Waals surface area contributed by atoms with Gasteiger partial charge in [0, 0.05) is 43.3 Å². The largest absolute Gasteiger partial charge is 0.395 e. The number of nitrogens with zero attached hydrogens (tertiary/aromatic N) is 2. The lowest BCUT2D eigenvalue weighted by Crippen LogP contribution is -2.30. The summed E-state index contributed by atoms with van der Waals surface area (Å²) in [7, 11) is 1.68. The highest BCUT2D eigenvalue weighted by molar-refractivity contribution is 6.35. The predicted octanol–water partition coefficient (Wildman–Crippen LogP) is 2.33. The van der Waals surface area contributed by atoms with Crippen molar-refractivity contribution in [3.63, 3.8) is 0 Å². The van der Waals surface area contributed by atoms with Crippen LogP contribution in [-0.4, -0.2) is 48.4 Å². The number of aliphatic hydroxyl groups is 1. The minimum atomic E-state index is 0.128. The van der Waals surface area contributed by atoms with E-state index in [1.807, 2.05) is 24.3 Å². The third kappa shape index (κ3) is 3.67. The second-order valence-corrected chi connectivity index (χ2v) is 5.01. The lowest BCUT2D eigenvalue weighted by atomic mass is 10.1. The number of hydrogen-bond acceptors (Lipinski definition) is 4. The Bertz CT molecular complexity index is 563. The summed E-state index contributed by atoms with van der Waals surface area (Å²) < 4.78 is 5.10. The Hall–Kier alpha value is -1.20. The van der Waals surface area contributed by atoms with Crippen molar-refractivity contribution in [2.24, 2.45) is 0 Å². The number of halogens is 1. The van der Waals surface area contributed by atoms with E-state index in [0.29, 0.717) is 24.7 Å². The quantitative estimate of drug-likeness (QED) is 0.851. The van der Waals surface area contributed by atoms with Gasteiger partial charge in [0.05, 0.1) is 18.7 Å². The fourth-order valence-electron chi connectivity index (χ4n) is 2.20. The van der Waals surface area contributed by atoms with Gasteiger partial charge in [-0.25, -0.2) is 0 Å². The van der Waals surface area contributed by atoms with Gasteiger partial charge < -0.3 is 9.84 Å². The van der Waals surface area contributed by atoms with E-state index in [1.165, 1.54) is 0 Å². The molecule has 0 unspecified atom stereocenters. The highest BCUT2D eigenvalue weighted by Gasteiger charge is 2.10. The summed E-state index contributed by atoms with van der Waals surface area (Å²) in [6.45, 7) is 2.87. The lowest BCUT2D eigenvalue weighted by Gasteiger charge is -2.21. The van der Waals surface area contributed by atoms with E-state index >= 15 is 0 Å². The van der Waals surface area contributed by atoms with Gasteiger partial charge in [0.15, 0.2) is 0 Å². The summed E-state index contributed by atoms with van der Waals surface area (Å²) in [5.41, 5.74) is 2.02. The molecule has 0 saturated heterocycles. The number of fused-ring (bicyclic) bond motifs is 1. The highest BCUT2D eigenvalue weighted by atomic mass is 35.5. The van der Waals surface area contributed by atoms with E-state index in [0.717, 1.165) is 23.0 Å². The molecule has 2 rings (SSSR count). The molecular formula is C15H19ClN2O2. The zero-order chi connectivity index (χ0) is 14.4. The van der Waals surface area contributed by atoms with Crippen LogP contribution in [0.2, 0.25) is 5.02 Å². The maximum atomic E-state index is 9.15. The Morgan fingerprint density at radius 3 is 2.90 bits per heavy atom. The van der Waals surface area contributed by atoms with Crippen molar-refractivity contribution in [1.82, 2.24) is 9.88 Å². The standard InChI is InChI=1S/C15H19ClN2O2/c1-20-10-8-18(7-9-19)11-12-4-5-14(16)13-3-2-6-17-15(12)13/h2-6,19H,7-11H2,1H3. The van der Waals surface area contributed by atoms with Crippen molar-refractivity contribution in [2.75, 3.05) is 33.4 Å². The second kappa shape index (κ2) is 7.55. The van der Waals surface area contributed by atoms with Crippen LogP contribution in [0, 0.1) is 0 Å². The molecule has 1 aromatic carbocycles. The number of aliphatic hydroxyl groups excluding tert-OH is 1. The van der Waals surface area contributed by atoms with E-state index in [9.17, 15) is 0 Å². The molecular weight excluding hydrogens is 276 g/mol. The van der Waals surface area contributed by atoms with Crippen LogP contribution in [0.25, 0.3) is 10.9 Å². The summed E-state index contributed by atoms with van der Waals surface area (Å²) >= 11 is 6.20. The highest BCUT2D eigenvalue weighted by Crippen LogP contribution is 2.25. The molecule has 1 N–H and O–H groups in total. The number of rotatable bonds is 7. The summed E-state index contributed by atoms with van der Waals surface area (Å²) in [5, 5.41) is 10.8. The van der Waals surface area contributed by atoms with Gasteiger partial charge in [0.2, 0.25) is 0 Å². The Balaban J connectivity index is 2.25. The molecule has 0 amide bonds. The molecule has 0 aliphatic carbocycles. The topological polar surface area (TPSA) is 45.6 Å². The molecule has 0 aliphatic heterocycles. The Labute approximate surface area is 123 Å². The fraction of sp³-hybridized carbons (Fsp3) is 0.400. The minimum absolute atomic E-state index is 0.128. The molecule has 0 spiro atoms. The smallest absolute Gasteiger partial charge is 0.0761 e. The van der Waals surface area contributed by atoms with Gasteiger partial charge in [-0.2, -0.15) is 0 Å². The molecule has 1 aromatic heterocycles. The maximum Gasteiger partial charge on any atom is 0.0761 e. The van der Waals surface area contributed by atoms with E-state index in [4.69, 9.17) is 21.4 Å². The van der Waals surface area contributed by atoms with Crippen molar-refractivity contribution >= 4 is 22.5 Å². The van der Waals surface area contributed by atoms with E-state index in [2.05, 4.69) is 9.88 Å². The summed E-state index contributed by atoms with van der Waals surface area (Å²) in [6, 6.07) is 7.75. The van der Waals surface area contributed by atoms with Crippen LogP contribution in [0.5, 0.6) is 0 Å². The Kier molecular flexibility index (Phi) is 5.73. The molecule has 0 bridgehead atoms. The van der Waals surface area contributed by atoms with Crippen LogP contribution in [0.15, 0.2) is 30.5 Å². The van der Waals surface area contributed by atoms with Crippen LogP contribution in [0.4, 0.5) is 0 Å². The third-order valence-electron chi connectivity index (χ3n) is 3.22. The molecule has 0 radical (unpaired) electrons. The molecule has 0 atom stereocenters. The number of methoxy groups -OCH3 is 1. The Morgan fingerprint density at radius 2 is 2.15 bits per heavy atom. The normalized spacial score (nSPS) is 11.4. The SMILES string of the molecule is COCCN(CCO)Cc1ccc(Cl)c2cccnc12. The molecule has 0 fully saturated rings. The van der Waals surface area contributed by atoms with Crippen molar-refractivity contribution in [3.8, 4) is 0 Å². The average molecular weight is 295 g/mol. The molecule has 1 heterocycles. The van der Waals surface area contributed by atoms with E-state index in [-0.39, 0.29) is 6.61 Å². The number of aromatic nitrogens is 1. The van der Waals surface area contributed by atoms with E-state index in [1.54, 1.807) is 13.3 Å². The van der Waals surface area contributed by atoms with Crippen LogP contribution < -0.4 is 0 Å². The van der Waals surface area contributed by atoms with Crippen molar-refractivity contribution in [3.05, 3.63) is 41.0 Å². The van der Waals surface area contributed by atoms with Crippen LogP contribution >= 0.6 is 11.6 Å². The van der Waals surface area contributed by atoms with Gasteiger partial charge in [0.25, 0.3) is 0 Å². The average Bonchev–Trinajstić information content (AvgIpc) is 2.48. The van der Waals surface area contributed by atoms with Gasteiger partial charge in [-0.3, -0.25) is 9.88 Å². The molecule has 108 valence electrons. The van der Waals surface area contributed by atoms with Crippen LogP contribution in [-0.2, 0) is 11.3 Å². The predicted molar refractivity (Wildman–Crippen MR) is 81.0 cm³/mol. The summed E-state index contributed by atoms with van der Waals surface area (Å²) in [4.78, 5) is 6.57. The lowest BCUT2D eigenvalue weighted by molar-refractivity contribution is 0.127. The molecule has 2 aromatic rings. The van der Waals surface area contributed by atoms with Crippen molar-refractivity contribution < 1.29 is 9.84 Å².